The van der Waals surface area contributed by atoms with Crippen molar-refractivity contribution < 1.29 is 9.53 Å². The van der Waals surface area contributed by atoms with Crippen LogP contribution in [0.25, 0.3) is 9.81 Å². The topological polar surface area (TPSA) is 50.1 Å². The molecule has 0 saturated heterocycles. The zero-order chi connectivity index (χ0) is 19.4. The molecule has 0 radical (unpaired) electrons. The first-order valence-electron chi connectivity index (χ1n) is 8.21. The first kappa shape index (κ1) is 19.6. The first-order chi connectivity index (χ1) is 13.0. The quantitative estimate of drug-likeness (QED) is 0.558. The van der Waals surface area contributed by atoms with E-state index in [1.807, 2.05) is 24.3 Å². The van der Waals surface area contributed by atoms with Crippen molar-refractivity contribution in [1.82, 2.24) is 0 Å². The third-order valence-electron chi connectivity index (χ3n) is 3.99. The summed E-state index contributed by atoms with van der Waals surface area (Å²) in [5, 5.41) is 11.1. The summed E-state index contributed by atoms with van der Waals surface area (Å²) in [7, 11) is 0. The van der Waals surface area contributed by atoms with Gasteiger partial charge in [0.2, 0.25) is 0 Å². The maximum absolute atomic E-state index is 12.6. The molecule has 0 N–H and O–H groups in total. The van der Waals surface area contributed by atoms with E-state index in [4.69, 9.17) is 27.9 Å². The molecule has 0 saturated carbocycles. The minimum atomic E-state index is -1.49. The van der Waals surface area contributed by atoms with Crippen molar-refractivity contribution in [3.8, 4) is 6.07 Å². The molecule has 1 aliphatic rings. The lowest BCUT2D eigenvalue weighted by atomic mass is 9.87. The molecule has 0 amide bonds. The zero-order valence-corrected chi connectivity index (χ0v) is 16.7. The second-order valence-corrected chi connectivity index (χ2v) is 7.79. The van der Waals surface area contributed by atoms with Gasteiger partial charge in [-0.1, -0.05) is 59.2 Å². The van der Waals surface area contributed by atoms with Crippen LogP contribution in [0.5, 0.6) is 0 Å². The Morgan fingerprint density at radius 2 is 1.44 bits per heavy atom. The van der Waals surface area contributed by atoms with Crippen LogP contribution in [0.4, 0.5) is 0 Å². The molecule has 2 aromatic carbocycles. The van der Waals surface area contributed by atoms with E-state index in [1.165, 1.54) is 11.8 Å². The Morgan fingerprint density at radius 1 is 1.00 bits per heavy atom. The fourth-order valence-corrected chi connectivity index (χ4v) is 4.11. The molecule has 3 nitrogen and oxygen atoms in total. The highest BCUT2D eigenvalue weighted by molar-refractivity contribution is 8.16. The first-order valence-corrected chi connectivity index (χ1v) is 9.78. The molecule has 6 heteroatoms. The highest BCUT2D eigenvalue weighted by Crippen LogP contribution is 2.48. The summed E-state index contributed by atoms with van der Waals surface area (Å²) in [5.74, 6) is -0.592. The lowest BCUT2D eigenvalue weighted by Crippen LogP contribution is -2.29. The molecule has 27 heavy (non-hydrogen) atoms. The van der Waals surface area contributed by atoms with Gasteiger partial charge in [-0.25, -0.2) is 4.79 Å². The van der Waals surface area contributed by atoms with Gasteiger partial charge in [-0.2, -0.15) is 5.26 Å². The Bertz CT molecular complexity index is 896. The van der Waals surface area contributed by atoms with Gasteiger partial charge in [-0.15, -0.1) is 0 Å². The predicted molar refractivity (Wildman–Crippen MR) is 111 cm³/mol. The summed E-state index contributed by atoms with van der Waals surface area (Å²) in [6.07, 6.45) is 3.30. The number of nitriles is 1. The molecule has 2 aromatic rings. The molecule has 0 aliphatic carbocycles. The van der Waals surface area contributed by atoms with E-state index < -0.39 is 11.4 Å². The third kappa shape index (κ3) is 4.22. The Labute approximate surface area is 172 Å². The Hall–Kier alpha value is -2.19. The average molecular weight is 416 g/mol. The molecule has 1 heterocycles. The number of halogens is 2. The van der Waals surface area contributed by atoms with Crippen molar-refractivity contribution in [1.29, 1.82) is 5.26 Å². The summed E-state index contributed by atoms with van der Waals surface area (Å²) in [6.45, 7) is 1.91. The molecule has 0 atom stereocenters. The molecule has 0 bridgehead atoms. The SMILES string of the molecule is CCOC(=O)C1(C#N)C=C(c2ccc(Cl)cc2)SC(c2ccc(Cl)cc2)=C1. The van der Waals surface area contributed by atoms with E-state index in [-0.39, 0.29) is 6.61 Å². The summed E-state index contributed by atoms with van der Waals surface area (Å²) >= 11 is 13.5. The van der Waals surface area contributed by atoms with Gasteiger partial charge in [0.25, 0.3) is 0 Å². The predicted octanol–water partition coefficient (Wildman–Crippen LogP) is 6.20. The van der Waals surface area contributed by atoms with Crippen LogP contribution in [0.15, 0.2) is 60.7 Å². The van der Waals surface area contributed by atoms with Gasteiger partial charge in [0.1, 0.15) is 0 Å². The van der Waals surface area contributed by atoms with Crippen LogP contribution in [0.3, 0.4) is 0 Å². The highest BCUT2D eigenvalue weighted by Gasteiger charge is 2.40. The second kappa shape index (κ2) is 8.22. The van der Waals surface area contributed by atoms with Gasteiger partial charge < -0.3 is 4.74 Å². The van der Waals surface area contributed by atoms with Crippen LogP contribution < -0.4 is 0 Å². The van der Waals surface area contributed by atoms with E-state index in [0.717, 1.165) is 20.9 Å². The summed E-state index contributed by atoms with van der Waals surface area (Å²) in [5.41, 5.74) is 0.242. The van der Waals surface area contributed by atoms with Crippen molar-refractivity contribution in [3.63, 3.8) is 0 Å². The maximum atomic E-state index is 12.6. The number of carbonyl (C=O) groups is 1. The molecule has 0 aromatic heterocycles. The maximum Gasteiger partial charge on any atom is 0.334 e. The van der Waals surface area contributed by atoms with Crippen LogP contribution in [0.2, 0.25) is 10.0 Å². The molecule has 3 rings (SSSR count). The van der Waals surface area contributed by atoms with Crippen LogP contribution in [-0.2, 0) is 9.53 Å². The number of rotatable bonds is 4. The smallest absolute Gasteiger partial charge is 0.334 e. The fraction of sp³-hybridized carbons (Fsp3) is 0.143. The lowest BCUT2D eigenvalue weighted by molar-refractivity contribution is -0.147. The number of hydrogen-bond donors (Lipinski definition) is 0. The zero-order valence-electron chi connectivity index (χ0n) is 14.4. The largest absolute Gasteiger partial charge is 0.464 e. The minimum absolute atomic E-state index is 0.198. The van der Waals surface area contributed by atoms with Gasteiger partial charge >= 0.3 is 5.97 Å². The number of ether oxygens (including phenoxy) is 1. The molecule has 136 valence electrons. The average Bonchev–Trinajstić information content (AvgIpc) is 2.69. The van der Waals surface area contributed by atoms with Gasteiger partial charge in [-0.3, -0.25) is 0 Å². The number of nitrogens with zero attached hydrogens (tertiary/aromatic N) is 1. The summed E-state index contributed by atoms with van der Waals surface area (Å²) in [6, 6.07) is 16.7. The molecular formula is C21H15Cl2NO2S. The van der Waals surface area contributed by atoms with Crippen LogP contribution in [0, 0.1) is 16.7 Å². The molecule has 0 spiro atoms. The third-order valence-corrected chi connectivity index (χ3v) is 5.64. The van der Waals surface area contributed by atoms with Crippen LogP contribution in [0.1, 0.15) is 18.1 Å². The van der Waals surface area contributed by atoms with Crippen molar-refractivity contribution in [2.75, 3.05) is 6.61 Å². The van der Waals surface area contributed by atoms with Gasteiger partial charge in [0, 0.05) is 19.9 Å². The van der Waals surface area contributed by atoms with Crippen molar-refractivity contribution in [2.24, 2.45) is 5.41 Å². The van der Waals surface area contributed by atoms with Crippen molar-refractivity contribution in [3.05, 3.63) is 81.9 Å². The fourth-order valence-electron chi connectivity index (χ4n) is 2.62. The van der Waals surface area contributed by atoms with Crippen LogP contribution >= 0.6 is 35.0 Å². The Balaban J connectivity index is 2.12. The van der Waals surface area contributed by atoms with E-state index >= 15 is 0 Å². The standard InChI is InChI=1S/C21H15Cl2NO2S/c1-2-26-20(25)21(13-24)11-18(14-3-7-16(22)8-4-14)27-19(12-21)15-5-9-17(23)10-6-15/h3-12H,2H2,1H3. The highest BCUT2D eigenvalue weighted by atomic mass is 35.5. The number of carbonyl (C=O) groups excluding carboxylic acids is 1. The van der Waals surface area contributed by atoms with E-state index in [0.29, 0.717) is 10.0 Å². The lowest BCUT2D eigenvalue weighted by Gasteiger charge is -2.26. The number of hydrogen-bond acceptors (Lipinski definition) is 4. The van der Waals surface area contributed by atoms with E-state index in [9.17, 15) is 10.1 Å². The summed E-state index contributed by atoms with van der Waals surface area (Å²) in [4.78, 5) is 14.2. The van der Waals surface area contributed by atoms with E-state index in [1.54, 1.807) is 43.3 Å². The van der Waals surface area contributed by atoms with Gasteiger partial charge in [0.15, 0.2) is 5.41 Å². The number of thioether (sulfide) groups is 1. The minimum Gasteiger partial charge on any atom is -0.464 e. The van der Waals surface area contributed by atoms with Crippen molar-refractivity contribution in [2.45, 2.75) is 6.92 Å². The molecule has 0 fully saturated rings. The van der Waals surface area contributed by atoms with E-state index in [2.05, 4.69) is 6.07 Å². The monoisotopic (exact) mass is 415 g/mol. The molecular weight excluding hydrogens is 401 g/mol. The Kier molecular flexibility index (Phi) is 5.96. The normalized spacial score (nSPS) is 15.3. The number of esters is 1. The van der Waals surface area contributed by atoms with Crippen LogP contribution in [-0.4, -0.2) is 12.6 Å². The molecule has 1 aliphatic heterocycles. The number of benzene rings is 2. The van der Waals surface area contributed by atoms with Crippen molar-refractivity contribution >= 4 is 50.7 Å². The van der Waals surface area contributed by atoms with Gasteiger partial charge in [-0.05, 0) is 54.5 Å². The van der Waals surface area contributed by atoms with Gasteiger partial charge in [0.05, 0.1) is 12.7 Å². The Morgan fingerprint density at radius 3 is 1.81 bits per heavy atom. The summed E-state index contributed by atoms with van der Waals surface area (Å²) < 4.78 is 5.18. The molecule has 0 unspecified atom stereocenters. The second-order valence-electron chi connectivity index (χ2n) is 5.83.